The summed E-state index contributed by atoms with van der Waals surface area (Å²) in [6, 6.07) is 9.90. The Bertz CT molecular complexity index is 743. The molecule has 0 atom stereocenters. The fourth-order valence-corrected chi connectivity index (χ4v) is 2.88. The number of benzene rings is 2. The molecule has 0 unspecified atom stereocenters. The highest BCUT2D eigenvalue weighted by molar-refractivity contribution is 6.02. The summed E-state index contributed by atoms with van der Waals surface area (Å²) in [7, 11) is 0. The molecule has 23 heavy (non-hydrogen) atoms. The number of hydrogen-bond acceptors (Lipinski definition) is 3. The van der Waals surface area contributed by atoms with E-state index in [1.807, 2.05) is 0 Å². The standard InChI is InChI=1S/C18H20N2O3/c1-12-10-14(5-8-17(12)22)19-18(23)20-9-3-2-4-13-11-15(21)6-7-16(13)20/h5-8,10-11,21-22H,2-4,9H2,1H3,(H,19,23). The first-order chi connectivity index (χ1) is 11.0. The summed E-state index contributed by atoms with van der Waals surface area (Å²) < 4.78 is 0. The van der Waals surface area contributed by atoms with Gasteiger partial charge in [-0.05, 0) is 73.7 Å². The van der Waals surface area contributed by atoms with E-state index < -0.39 is 0 Å². The summed E-state index contributed by atoms with van der Waals surface area (Å²) in [5.41, 5.74) is 3.19. The maximum Gasteiger partial charge on any atom is 0.326 e. The largest absolute Gasteiger partial charge is 0.508 e. The SMILES string of the molecule is Cc1cc(NC(=O)N2CCCCc3cc(O)ccc32)ccc1O. The highest BCUT2D eigenvalue weighted by atomic mass is 16.3. The fourth-order valence-electron chi connectivity index (χ4n) is 2.88. The average molecular weight is 312 g/mol. The molecule has 1 aliphatic rings. The van der Waals surface area contributed by atoms with Crippen LogP contribution < -0.4 is 10.2 Å². The third kappa shape index (κ3) is 3.23. The van der Waals surface area contributed by atoms with E-state index in [2.05, 4.69) is 5.32 Å². The minimum absolute atomic E-state index is 0.205. The molecule has 5 nitrogen and oxygen atoms in total. The number of carbonyl (C=O) groups is 1. The third-order valence-electron chi connectivity index (χ3n) is 4.12. The van der Waals surface area contributed by atoms with Crippen molar-refractivity contribution in [3.63, 3.8) is 0 Å². The molecule has 120 valence electrons. The number of amides is 2. The average Bonchev–Trinajstić information content (AvgIpc) is 2.72. The lowest BCUT2D eigenvalue weighted by Gasteiger charge is -2.23. The summed E-state index contributed by atoms with van der Waals surface area (Å²) in [5.74, 6) is 0.429. The van der Waals surface area contributed by atoms with E-state index in [1.165, 1.54) is 0 Å². The highest BCUT2D eigenvalue weighted by Crippen LogP contribution is 2.30. The molecule has 2 aromatic carbocycles. The third-order valence-corrected chi connectivity index (χ3v) is 4.12. The van der Waals surface area contributed by atoms with Gasteiger partial charge >= 0.3 is 6.03 Å². The van der Waals surface area contributed by atoms with Crippen LogP contribution in [0, 0.1) is 6.92 Å². The van der Waals surface area contributed by atoms with Crippen LogP contribution in [0.25, 0.3) is 0 Å². The number of phenolic OH excluding ortho intramolecular Hbond substituents is 2. The molecule has 0 aliphatic carbocycles. The van der Waals surface area contributed by atoms with Gasteiger partial charge in [0.05, 0.1) is 0 Å². The lowest BCUT2D eigenvalue weighted by atomic mass is 10.1. The first-order valence-corrected chi connectivity index (χ1v) is 7.74. The maximum absolute atomic E-state index is 12.7. The van der Waals surface area contributed by atoms with Crippen molar-refractivity contribution in [2.24, 2.45) is 0 Å². The minimum atomic E-state index is -0.205. The Labute approximate surface area is 135 Å². The van der Waals surface area contributed by atoms with Crippen molar-refractivity contribution in [3.05, 3.63) is 47.5 Å². The van der Waals surface area contributed by atoms with Crippen LogP contribution in [0.15, 0.2) is 36.4 Å². The second-order valence-corrected chi connectivity index (χ2v) is 5.85. The number of carbonyl (C=O) groups excluding carboxylic acids is 1. The number of fused-ring (bicyclic) bond motifs is 1. The molecule has 0 bridgehead atoms. The van der Waals surface area contributed by atoms with Gasteiger partial charge in [0.1, 0.15) is 11.5 Å². The molecule has 0 aromatic heterocycles. The van der Waals surface area contributed by atoms with Crippen LogP contribution in [0.3, 0.4) is 0 Å². The predicted molar refractivity (Wildman–Crippen MR) is 90.3 cm³/mol. The Hall–Kier alpha value is -2.69. The normalized spacial score (nSPS) is 14.0. The van der Waals surface area contributed by atoms with E-state index in [4.69, 9.17) is 0 Å². The maximum atomic E-state index is 12.7. The zero-order valence-corrected chi connectivity index (χ0v) is 13.0. The van der Waals surface area contributed by atoms with Gasteiger partial charge in [-0.25, -0.2) is 4.79 Å². The minimum Gasteiger partial charge on any atom is -0.508 e. The fraction of sp³-hybridized carbons (Fsp3) is 0.278. The van der Waals surface area contributed by atoms with Gasteiger partial charge < -0.3 is 15.5 Å². The summed E-state index contributed by atoms with van der Waals surface area (Å²) in [4.78, 5) is 14.4. The number of nitrogens with zero attached hydrogens (tertiary/aromatic N) is 1. The van der Waals surface area contributed by atoms with Gasteiger partial charge in [-0.15, -0.1) is 0 Å². The Morgan fingerprint density at radius 1 is 1.13 bits per heavy atom. The van der Waals surface area contributed by atoms with Crippen LogP contribution in [0.2, 0.25) is 0 Å². The van der Waals surface area contributed by atoms with Gasteiger partial charge in [-0.3, -0.25) is 4.90 Å². The Kier molecular flexibility index (Phi) is 4.10. The molecule has 1 aliphatic heterocycles. The molecule has 0 fully saturated rings. The molecule has 0 radical (unpaired) electrons. The second-order valence-electron chi connectivity index (χ2n) is 5.85. The van der Waals surface area contributed by atoms with Crippen molar-refractivity contribution in [1.29, 1.82) is 0 Å². The molecular formula is C18H20N2O3. The summed E-state index contributed by atoms with van der Waals surface area (Å²) in [6.07, 6.45) is 2.75. The highest BCUT2D eigenvalue weighted by Gasteiger charge is 2.21. The lowest BCUT2D eigenvalue weighted by molar-refractivity contribution is 0.257. The van der Waals surface area contributed by atoms with Crippen molar-refractivity contribution in [2.75, 3.05) is 16.8 Å². The molecule has 0 saturated heterocycles. The topological polar surface area (TPSA) is 72.8 Å². The number of hydrogen-bond donors (Lipinski definition) is 3. The van der Waals surface area contributed by atoms with Gasteiger partial charge in [0.25, 0.3) is 0 Å². The number of aromatic hydroxyl groups is 2. The molecule has 2 amide bonds. The second kappa shape index (κ2) is 6.20. The first-order valence-electron chi connectivity index (χ1n) is 7.74. The van der Waals surface area contributed by atoms with Crippen LogP contribution in [-0.4, -0.2) is 22.8 Å². The van der Waals surface area contributed by atoms with Gasteiger partial charge in [0.15, 0.2) is 0 Å². The molecule has 2 aromatic rings. The molecule has 0 saturated carbocycles. The van der Waals surface area contributed by atoms with Gasteiger partial charge in [-0.1, -0.05) is 0 Å². The van der Waals surface area contributed by atoms with Gasteiger partial charge in [0, 0.05) is 17.9 Å². The first kappa shape index (κ1) is 15.2. The monoisotopic (exact) mass is 312 g/mol. The molecule has 3 rings (SSSR count). The molecule has 3 N–H and O–H groups in total. The van der Waals surface area contributed by atoms with Crippen LogP contribution in [-0.2, 0) is 6.42 Å². The number of phenols is 2. The van der Waals surface area contributed by atoms with E-state index in [9.17, 15) is 15.0 Å². The lowest BCUT2D eigenvalue weighted by Crippen LogP contribution is -2.35. The zero-order valence-electron chi connectivity index (χ0n) is 13.0. The van der Waals surface area contributed by atoms with Gasteiger partial charge in [-0.2, -0.15) is 0 Å². The number of urea groups is 1. The Balaban J connectivity index is 1.85. The number of nitrogens with one attached hydrogen (secondary N) is 1. The number of rotatable bonds is 1. The van der Waals surface area contributed by atoms with Gasteiger partial charge in [0.2, 0.25) is 0 Å². The summed E-state index contributed by atoms with van der Waals surface area (Å²) in [6.45, 7) is 2.43. The summed E-state index contributed by atoms with van der Waals surface area (Å²) in [5, 5.41) is 22.1. The summed E-state index contributed by atoms with van der Waals surface area (Å²) >= 11 is 0. The van der Waals surface area contributed by atoms with E-state index in [1.54, 1.807) is 48.2 Å². The van der Waals surface area contributed by atoms with E-state index in [-0.39, 0.29) is 17.5 Å². The van der Waals surface area contributed by atoms with Crippen LogP contribution in [0.4, 0.5) is 16.2 Å². The molecule has 0 spiro atoms. The van der Waals surface area contributed by atoms with Crippen molar-refractivity contribution in [2.45, 2.75) is 26.2 Å². The Morgan fingerprint density at radius 2 is 1.96 bits per heavy atom. The number of anilines is 2. The predicted octanol–water partition coefficient (Wildman–Crippen LogP) is 3.78. The van der Waals surface area contributed by atoms with Crippen molar-refractivity contribution < 1.29 is 15.0 Å². The Morgan fingerprint density at radius 3 is 2.74 bits per heavy atom. The molecule has 1 heterocycles. The zero-order chi connectivity index (χ0) is 16.4. The van der Waals surface area contributed by atoms with Crippen LogP contribution in [0.5, 0.6) is 11.5 Å². The van der Waals surface area contributed by atoms with E-state index in [0.717, 1.165) is 30.5 Å². The van der Waals surface area contributed by atoms with E-state index >= 15 is 0 Å². The molecule has 5 heteroatoms. The smallest absolute Gasteiger partial charge is 0.326 e. The quantitative estimate of drug-likeness (QED) is 0.702. The van der Waals surface area contributed by atoms with Crippen LogP contribution >= 0.6 is 0 Å². The van der Waals surface area contributed by atoms with Crippen molar-refractivity contribution in [1.82, 2.24) is 0 Å². The molecular weight excluding hydrogens is 292 g/mol. The number of aryl methyl sites for hydroxylation is 2. The van der Waals surface area contributed by atoms with Crippen LogP contribution in [0.1, 0.15) is 24.0 Å². The van der Waals surface area contributed by atoms with Crippen molar-refractivity contribution >= 4 is 17.4 Å². The van der Waals surface area contributed by atoms with E-state index in [0.29, 0.717) is 17.8 Å². The van der Waals surface area contributed by atoms with Crippen molar-refractivity contribution in [3.8, 4) is 11.5 Å².